The van der Waals surface area contributed by atoms with Crippen LogP contribution in [0.4, 0.5) is 5.69 Å². The van der Waals surface area contributed by atoms with Gasteiger partial charge in [-0.05, 0) is 42.0 Å². The number of morpholine rings is 1. The summed E-state index contributed by atoms with van der Waals surface area (Å²) in [7, 11) is 0. The van der Waals surface area contributed by atoms with Crippen LogP contribution in [-0.2, 0) is 22.5 Å². The second-order valence-electron chi connectivity index (χ2n) is 7.26. The second-order valence-corrected chi connectivity index (χ2v) is 7.70. The third-order valence-electron chi connectivity index (χ3n) is 5.00. The fraction of sp³-hybridized carbons (Fsp3) is 0.304. The number of amides is 1. The monoisotopic (exact) mass is 425 g/mol. The van der Waals surface area contributed by atoms with Gasteiger partial charge in [-0.15, -0.1) is 0 Å². The van der Waals surface area contributed by atoms with Crippen molar-refractivity contribution in [2.24, 2.45) is 0 Å². The van der Waals surface area contributed by atoms with E-state index in [1.165, 1.54) is 5.56 Å². The van der Waals surface area contributed by atoms with E-state index in [-0.39, 0.29) is 5.91 Å². The van der Waals surface area contributed by atoms with Crippen LogP contribution in [0.1, 0.15) is 17.9 Å². The Labute approximate surface area is 180 Å². The van der Waals surface area contributed by atoms with Gasteiger partial charge in [0.15, 0.2) is 11.7 Å². The first-order chi connectivity index (χ1) is 14.7. The van der Waals surface area contributed by atoms with Crippen LogP contribution < -0.4 is 5.32 Å². The van der Waals surface area contributed by atoms with Crippen LogP contribution in [0, 0.1) is 0 Å². The van der Waals surface area contributed by atoms with E-state index in [4.69, 9.17) is 20.8 Å². The van der Waals surface area contributed by atoms with Crippen LogP contribution in [-0.4, -0.2) is 42.1 Å². The normalized spacial score (nSPS) is 14.6. The molecule has 0 spiro atoms. The summed E-state index contributed by atoms with van der Waals surface area (Å²) in [5.74, 6) is 1.14. The van der Waals surface area contributed by atoms with Crippen molar-refractivity contribution in [1.29, 1.82) is 0 Å². The molecule has 1 amide bonds. The zero-order valence-corrected chi connectivity index (χ0v) is 17.4. The van der Waals surface area contributed by atoms with E-state index in [9.17, 15) is 4.79 Å². The predicted octanol–water partition coefficient (Wildman–Crippen LogP) is 4.40. The Morgan fingerprint density at radius 2 is 1.80 bits per heavy atom. The highest BCUT2D eigenvalue weighted by Gasteiger charge is 2.12. The number of hydrogen-bond donors (Lipinski definition) is 1. The van der Waals surface area contributed by atoms with Crippen molar-refractivity contribution in [3.63, 3.8) is 0 Å². The average molecular weight is 426 g/mol. The molecule has 0 atom stereocenters. The third kappa shape index (κ3) is 5.69. The Balaban J connectivity index is 1.25. The van der Waals surface area contributed by atoms with Crippen molar-refractivity contribution in [1.82, 2.24) is 9.88 Å². The Bertz CT molecular complexity index is 964. The minimum Gasteiger partial charge on any atom is -0.441 e. The fourth-order valence-electron chi connectivity index (χ4n) is 3.33. The molecule has 7 heteroatoms. The number of rotatable bonds is 7. The van der Waals surface area contributed by atoms with Gasteiger partial charge in [0.25, 0.3) is 0 Å². The number of ether oxygens (including phenoxy) is 1. The number of halogens is 1. The van der Waals surface area contributed by atoms with Gasteiger partial charge in [-0.3, -0.25) is 9.69 Å². The zero-order chi connectivity index (χ0) is 20.8. The number of aromatic nitrogens is 1. The van der Waals surface area contributed by atoms with E-state index in [2.05, 4.69) is 27.3 Å². The number of oxazole rings is 1. The van der Waals surface area contributed by atoms with Crippen LogP contribution in [0.5, 0.6) is 0 Å². The van der Waals surface area contributed by atoms with Crippen LogP contribution in [0.25, 0.3) is 11.3 Å². The third-order valence-corrected chi connectivity index (χ3v) is 5.25. The number of carbonyl (C=O) groups excluding carboxylic acids is 1. The van der Waals surface area contributed by atoms with Crippen molar-refractivity contribution in [2.75, 3.05) is 31.6 Å². The molecular weight excluding hydrogens is 402 g/mol. The van der Waals surface area contributed by atoms with Crippen molar-refractivity contribution in [2.45, 2.75) is 19.4 Å². The Morgan fingerprint density at radius 3 is 2.53 bits per heavy atom. The summed E-state index contributed by atoms with van der Waals surface area (Å²) in [6.45, 7) is 4.40. The highest BCUT2D eigenvalue weighted by molar-refractivity contribution is 6.30. The summed E-state index contributed by atoms with van der Waals surface area (Å²) in [6, 6.07) is 15.4. The molecule has 156 valence electrons. The van der Waals surface area contributed by atoms with Crippen molar-refractivity contribution in [3.05, 3.63) is 71.2 Å². The highest BCUT2D eigenvalue weighted by atomic mass is 35.5. The number of anilines is 1. The molecule has 2 heterocycles. The molecule has 0 aliphatic carbocycles. The molecule has 1 N–H and O–H groups in total. The molecule has 0 unspecified atom stereocenters. The lowest BCUT2D eigenvalue weighted by Crippen LogP contribution is -2.35. The van der Waals surface area contributed by atoms with Gasteiger partial charge in [-0.25, -0.2) is 4.98 Å². The quantitative estimate of drug-likeness (QED) is 0.607. The first-order valence-corrected chi connectivity index (χ1v) is 10.4. The van der Waals surface area contributed by atoms with Crippen molar-refractivity contribution >= 4 is 23.2 Å². The lowest BCUT2D eigenvalue weighted by molar-refractivity contribution is -0.116. The molecule has 1 fully saturated rings. The number of carbonyl (C=O) groups is 1. The van der Waals surface area contributed by atoms with Crippen molar-refractivity contribution in [3.8, 4) is 11.3 Å². The molecule has 1 aliphatic rings. The smallest absolute Gasteiger partial charge is 0.224 e. The van der Waals surface area contributed by atoms with Crippen LogP contribution in [0.2, 0.25) is 5.02 Å². The molecule has 30 heavy (non-hydrogen) atoms. The molecule has 1 aliphatic heterocycles. The molecular formula is C23H24ClN3O3. The fourth-order valence-corrected chi connectivity index (χ4v) is 3.45. The molecule has 0 bridgehead atoms. The number of nitrogens with zero attached hydrogens (tertiary/aromatic N) is 2. The SMILES string of the molecule is O=C(CCc1ncc(-c2ccc(Cl)cc2)o1)Nc1ccc(CN2CCOCC2)cc1. The molecule has 2 aromatic carbocycles. The van der Waals surface area contributed by atoms with E-state index >= 15 is 0 Å². The minimum absolute atomic E-state index is 0.0674. The Kier molecular flexibility index (Phi) is 6.79. The first-order valence-electron chi connectivity index (χ1n) is 10.1. The zero-order valence-electron chi connectivity index (χ0n) is 16.6. The van der Waals surface area contributed by atoms with Gasteiger partial charge in [-0.1, -0.05) is 23.7 Å². The highest BCUT2D eigenvalue weighted by Crippen LogP contribution is 2.23. The van der Waals surface area contributed by atoms with Gasteiger partial charge in [-0.2, -0.15) is 0 Å². The summed E-state index contributed by atoms with van der Waals surface area (Å²) < 4.78 is 11.1. The van der Waals surface area contributed by atoms with Gasteiger partial charge >= 0.3 is 0 Å². The standard InChI is InChI=1S/C23H24ClN3O3/c24-19-5-3-18(4-6-19)21-15-25-23(30-21)10-9-22(28)26-20-7-1-17(2-8-20)16-27-11-13-29-14-12-27/h1-8,15H,9-14,16H2,(H,26,28). The van der Waals surface area contributed by atoms with Gasteiger partial charge in [0.2, 0.25) is 5.91 Å². The summed E-state index contributed by atoms with van der Waals surface area (Å²) in [4.78, 5) is 18.9. The predicted molar refractivity (Wildman–Crippen MR) is 116 cm³/mol. The van der Waals surface area contributed by atoms with Gasteiger partial charge in [0, 0.05) is 48.7 Å². The lowest BCUT2D eigenvalue weighted by atomic mass is 10.2. The first kappa shape index (κ1) is 20.6. The van der Waals surface area contributed by atoms with E-state index in [1.807, 2.05) is 24.3 Å². The summed E-state index contributed by atoms with van der Waals surface area (Å²) >= 11 is 5.91. The number of hydrogen-bond acceptors (Lipinski definition) is 5. The van der Waals surface area contributed by atoms with Crippen molar-refractivity contribution < 1.29 is 13.9 Å². The largest absolute Gasteiger partial charge is 0.441 e. The molecule has 1 aromatic heterocycles. The lowest BCUT2D eigenvalue weighted by Gasteiger charge is -2.26. The van der Waals surface area contributed by atoms with E-state index in [1.54, 1.807) is 18.3 Å². The maximum absolute atomic E-state index is 12.3. The molecule has 0 radical (unpaired) electrons. The number of nitrogens with one attached hydrogen (secondary N) is 1. The molecule has 3 aromatic rings. The van der Waals surface area contributed by atoms with Gasteiger partial charge in [0.05, 0.1) is 19.4 Å². The van der Waals surface area contributed by atoms with Gasteiger partial charge in [0.1, 0.15) is 0 Å². The summed E-state index contributed by atoms with van der Waals surface area (Å²) in [6.07, 6.45) is 2.41. The molecule has 0 saturated carbocycles. The van der Waals surface area contributed by atoms with Crippen LogP contribution in [0.15, 0.2) is 59.1 Å². The average Bonchev–Trinajstić information content (AvgIpc) is 3.24. The van der Waals surface area contributed by atoms with Crippen LogP contribution >= 0.6 is 11.6 Å². The van der Waals surface area contributed by atoms with E-state index in [0.29, 0.717) is 29.5 Å². The molecule has 6 nitrogen and oxygen atoms in total. The second kappa shape index (κ2) is 9.89. The maximum atomic E-state index is 12.3. The van der Waals surface area contributed by atoms with Gasteiger partial charge < -0.3 is 14.5 Å². The van der Waals surface area contributed by atoms with E-state index in [0.717, 1.165) is 44.1 Å². The number of benzene rings is 2. The van der Waals surface area contributed by atoms with Crippen LogP contribution in [0.3, 0.4) is 0 Å². The Hall–Kier alpha value is -2.67. The molecule has 4 rings (SSSR count). The maximum Gasteiger partial charge on any atom is 0.224 e. The Morgan fingerprint density at radius 1 is 1.07 bits per heavy atom. The topological polar surface area (TPSA) is 67.6 Å². The molecule has 1 saturated heterocycles. The summed E-state index contributed by atoms with van der Waals surface area (Å²) in [5, 5.41) is 3.60. The summed E-state index contributed by atoms with van der Waals surface area (Å²) in [5.41, 5.74) is 2.92. The number of aryl methyl sites for hydroxylation is 1. The minimum atomic E-state index is -0.0674. The van der Waals surface area contributed by atoms with E-state index < -0.39 is 0 Å².